The molecule has 32 heavy (non-hydrogen) atoms. The number of aromatic nitrogens is 1. The fourth-order valence-corrected chi connectivity index (χ4v) is 3.71. The van der Waals surface area contributed by atoms with Gasteiger partial charge >= 0.3 is 5.97 Å². The van der Waals surface area contributed by atoms with Crippen molar-refractivity contribution >= 4 is 11.8 Å². The molecule has 2 aromatic rings. The first-order valence-electron chi connectivity index (χ1n) is 11.8. The normalized spacial score (nSPS) is 15.5. The molecule has 2 heterocycles. The summed E-state index contributed by atoms with van der Waals surface area (Å²) < 4.78 is 11.1. The summed E-state index contributed by atoms with van der Waals surface area (Å²) >= 11 is 0. The summed E-state index contributed by atoms with van der Waals surface area (Å²) in [6.07, 6.45) is 3.63. The van der Waals surface area contributed by atoms with Crippen LogP contribution in [0, 0.1) is 0 Å². The van der Waals surface area contributed by atoms with Gasteiger partial charge in [-0.1, -0.05) is 32.9 Å². The van der Waals surface area contributed by atoms with Gasteiger partial charge in [0.2, 0.25) is 0 Å². The molecular formula is C26H39N3O3. The molecule has 1 aliphatic rings. The summed E-state index contributed by atoms with van der Waals surface area (Å²) in [5.41, 5.74) is 1.80. The molecule has 0 radical (unpaired) electrons. The number of carbonyl (C=O) groups is 1. The molecule has 1 atom stereocenters. The number of anilines is 1. The lowest BCUT2D eigenvalue weighted by Crippen LogP contribution is -2.34. The third kappa shape index (κ3) is 7.23. The maximum atomic E-state index is 12.5. The van der Waals surface area contributed by atoms with E-state index in [-0.39, 0.29) is 12.1 Å². The van der Waals surface area contributed by atoms with E-state index >= 15 is 0 Å². The number of nitrogens with zero attached hydrogens (tertiary/aromatic N) is 3. The second-order valence-electron chi connectivity index (χ2n) is 8.12. The highest BCUT2D eigenvalue weighted by Crippen LogP contribution is 2.26. The maximum Gasteiger partial charge on any atom is 0.342 e. The van der Waals surface area contributed by atoms with E-state index in [4.69, 9.17) is 9.47 Å². The monoisotopic (exact) mass is 441 g/mol. The lowest BCUT2D eigenvalue weighted by atomic mass is 10.1. The highest BCUT2D eigenvalue weighted by molar-refractivity contribution is 5.94. The number of hydrogen-bond acceptors (Lipinski definition) is 6. The van der Waals surface area contributed by atoms with Crippen molar-refractivity contribution in [2.45, 2.75) is 66.2 Å². The Kier molecular flexibility index (Phi) is 10.5. The predicted molar refractivity (Wildman–Crippen MR) is 130 cm³/mol. The molecule has 6 nitrogen and oxygen atoms in total. The van der Waals surface area contributed by atoms with Gasteiger partial charge in [-0.3, -0.25) is 4.90 Å². The third-order valence-corrected chi connectivity index (χ3v) is 5.26. The smallest absolute Gasteiger partial charge is 0.342 e. The van der Waals surface area contributed by atoms with E-state index in [1.807, 2.05) is 39.8 Å². The highest BCUT2D eigenvalue weighted by Gasteiger charge is 2.29. The molecule has 1 aromatic carbocycles. The summed E-state index contributed by atoms with van der Waals surface area (Å²) in [7, 11) is 2.15. The van der Waals surface area contributed by atoms with Crippen molar-refractivity contribution in [3.8, 4) is 5.75 Å². The minimum atomic E-state index is -0.310. The molecule has 0 amide bonds. The molecule has 1 unspecified atom stereocenters. The Morgan fingerprint density at radius 1 is 1.22 bits per heavy atom. The van der Waals surface area contributed by atoms with Crippen LogP contribution in [-0.4, -0.2) is 54.7 Å². The topological polar surface area (TPSA) is 54.9 Å². The van der Waals surface area contributed by atoms with Gasteiger partial charge in [0, 0.05) is 31.9 Å². The first-order chi connectivity index (χ1) is 15.5. The van der Waals surface area contributed by atoms with Crippen LogP contribution < -0.4 is 9.64 Å². The average Bonchev–Trinajstić information content (AvgIpc) is 3.30. The van der Waals surface area contributed by atoms with E-state index in [9.17, 15) is 4.79 Å². The summed E-state index contributed by atoms with van der Waals surface area (Å²) in [6.45, 7) is 13.2. The molecule has 1 saturated heterocycles. The molecule has 3 rings (SSSR count). The molecule has 0 aliphatic carbocycles. The number of carbonyl (C=O) groups excluding carboxylic acids is 1. The zero-order valence-electron chi connectivity index (χ0n) is 20.5. The number of pyridine rings is 1. The van der Waals surface area contributed by atoms with Crippen LogP contribution >= 0.6 is 0 Å². The number of ether oxygens (including phenoxy) is 2. The van der Waals surface area contributed by atoms with Crippen LogP contribution in [-0.2, 0) is 11.3 Å². The Bertz CT molecular complexity index is 823. The number of esters is 1. The van der Waals surface area contributed by atoms with Gasteiger partial charge in [0.1, 0.15) is 17.1 Å². The van der Waals surface area contributed by atoms with Crippen molar-refractivity contribution in [2.75, 3.05) is 31.6 Å². The summed E-state index contributed by atoms with van der Waals surface area (Å²) in [6, 6.07) is 12.3. The van der Waals surface area contributed by atoms with E-state index in [0.29, 0.717) is 11.6 Å². The van der Waals surface area contributed by atoms with E-state index in [0.717, 1.165) is 50.7 Å². The standard InChI is InChI=1S/C24H33N3O3.C2H6/c1-5-15-29-21-10-8-19(9-11-21)16-26(4)20-12-14-27(17-20)23-22(7-6-13-25-23)24(28)30-18(2)3;1-2/h6-11,13,18,20H,5,12,14-17H2,1-4H3;1-2H3. The van der Waals surface area contributed by atoms with Gasteiger partial charge in [0.05, 0.1) is 12.7 Å². The van der Waals surface area contributed by atoms with Gasteiger partial charge in [0.15, 0.2) is 0 Å². The van der Waals surface area contributed by atoms with Crippen LogP contribution in [0.4, 0.5) is 5.82 Å². The predicted octanol–water partition coefficient (Wildman–Crippen LogP) is 5.17. The second-order valence-corrected chi connectivity index (χ2v) is 8.12. The highest BCUT2D eigenvalue weighted by atomic mass is 16.5. The third-order valence-electron chi connectivity index (χ3n) is 5.26. The van der Waals surface area contributed by atoms with Crippen LogP contribution in [0.15, 0.2) is 42.6 Å². The molecule has 0 saturated carbocycles. The van der Waals surface area contributed by atoms with Gasteiger partial charge in [-0.15, -0.1) is 0 Å². The Hall–Kier alpha value is -2.60. The molecule has 0 bridgehead atoms. The quantitative estimate of drug-likeness (QED) is 0.500. The zero-order valence-corrected chi connectivity index (χ0v) is 20.5. The van der Waals surface area contributed by atoms with E-state index in [1.54, 1.807) is 18.3 Å². The number of benzene rings is 1. The van der Waals surface area contributed by atoms with Crippen molar-refractivity contribution in [2.24, 2.45) is 0 Å². The van der Waals surface area contributed by atoms with Crippen molar-refractivity contribution < 1.29 is 14.3 Å². The molecule has 0 spiro atoms. The van der Waals surface area contributed by atoms with Gasteiger partial charge in [-0.05, 0) is 63.6 Å². The molecule has 6 heteroatoms. The molecular weight excluding hydrogens is 402 g/mol. The fraction of sp³-hybridized carbons (Fsp3) is 0.538. The number of likely N-dealkylation sites (N-methyl/N-ethyl adjacent to an activating group) is 1. The zero-order chi connectivity index (χ0) is 23.5. The van der Waals surface area contributed by atoms with Crippen molar-refractivity contribution in [1.29, 1.82) is 0 Å². The summed E-state index contributed by atoms with van der Waals surface area (Å²) in [5, 5.41) is 0. The van der Waals surface area contributed by atoms with Crippen molar-refractivity contribution in [3.05, 3.63) is 53.7 Å². The molecule has 1 fully saturated rings. The molecule has 0 N–H and O–H groups in total. The Morgan fingerprint density at radius 2 is 1.94 bits per heavy atom. The maximum absolute atomic E-state index is 12.5. The van der Waals surface area contributed by atoms with Crippen molar-refractivity contribution in [1.82, 2.24) is 9.88 Å². The minimum Gasteiger partial charge on any atom is -0.494 e. The molecule has 1 aromatic heterocycles. The lowest BCUT2D eigenvalue weighted by molar-refractivity contribution is 0.0378. The number of hydrogen-bond donors (Lipinski definition) is 0. The van der Waals surface area contributed by atoms with E-state index < -0.39 is 0 Å². The lowest BCUT2D eigenvalue weighted by Gasteiger charge is -2.25. The summed E-state index contributed by atoms with van der Waals surface area (Å²) in [4.78, 5) is 21.5. The molecule has 176 valence electrons. The fourth-order valence-electron chi connectivity index (χ4n) is 3.71. The first kappa shape index (κ1) is 25.7. The van der Waals surface area contributed by atoms with Crippen LogP contribution in [0.2, 0.25) is 0 Å². The largest absolute Gasteiger partial charge is 0.494 e. The van der Waals surface area contributed by atoms with Gasteiger partial charge in [-0.25, -0.2) is 9.78 Å². The second kappa shape index (κ2) is 13.1. The average molecular weight is 442 g/mol. The first-order valence-corrected chi connectivity index (χ1v) is 11.8. The van der Waals surface area contributed by atoms with Gasteiger partial charge in [0.25, 0.3) is 0 Å². The summed E-state index contributed by atoms with van der Waals surface area (Å²) in [5.74, 6) is 1.33. The van der Waals surface area contributed by atoms with Gasteiger partial charge < -0.3 is 14.4 Å². The van der Waals surface area contributed by atoms with E-state index in [1.165, 1.54) is 5.56 Å². The van der Waals surface area contributed by atoms with Gasteiger partial charge in [-0.2, -0.15) is 0 Å². The molecule has 1 aliphatic heterocycles. The SMILES string of the molecule is CC.CCCOc1ccc(CN(C)C2CCN(c3ncccc3C(=O)OC(C)C)C2)cc1. The number of rotatable bonds is 9. The minimum absolute atomic E-state index is 0.151. The van der Waals surface area contributed by atoms with E-state index in [2.05, 4.69) is 40.9 Å². The Balaban J connectivity index is 0.00000176. The van der Waals surface area contributed by atoms with Crippen molar-refractivity contribution in [3.63, 3.8) is 0 Å². The van der Waals surface area contributed by atoms with Crippen LogP contribution in [0.5, 0.6) is 5.75 Å². The van der Waals surface area contributed by atoms with Crippen LogP contribution in [0.25, 0.3) is 0 Å². The van der Waals surface area contributed by atoms with Crippen LogP contribution in [0.3, 0.4) is 0 Å². The Labute approximate surface area is 193 Å². The van der Waals surface area contributed by atoms with Crippen LogP contribution in [0.1, 0.15) is 63.4 Å². The Morgan fingerprint density at radius 3 is 2.59 bits per heavy atom.